The fourth-order valence-corrected chi connectivity index (χ4v) is 2.18. The van der Waals surface area contributed by atoms with E-state index >= 15 is 0 Å². The maximum atomic E-state index is 10.5. The molecule has 0 aliphatic heterocycles. The topological polar surface area (TPSA) is 38.7 Å². The Balaban J connectivity index is 2.25. The van der Waals surface area contributed by atoms with Gasteiger partial charge in [-0.15, -0.1) is 0 Å². The standard InChI is InChI=1S/C16H17ClO3/c1-19-10-11-20-15-9-5-3-7-13(15)16(18)12-6-2-4-8-14(12)17/h2-9,16,18H,10-11H2,1H3. The van der Waals surface area contributed by atoms with E-state index in [4.69, 9.17) is 21.1 Å². The highest BCUT2D eigenvalue weighted by atomic mass is 35.5. The van der Waals surface area contributed by atoms with Crippen LogP contribution < -0.4 is 4.74 Å². The highest BCUT2D eigenvalue weighted by molar-refractivity contribution is 6.31. The zero-order valence-corrected chi connectivity index (χ0v) is 12.0. The Hall–Kier alpha value is -1.55. The predicted molar refractivity (Wildman–Crippen MR) is 79.3 cm³/mol. The van der Waals surface area contributed by atoms with Gasteiger partial charge in [-0.25, -0.2) is 0 Å². The molecule has 0 saturated carbocycles. The fourth-order valence-electron chi connectivity index (χ4n) is 1.94. The quantitative estimate of drug-likeness (QED) is 0.829. The third kappa shape index (κ3) is 3.51. The summed E-state index contributed by atoms with van der Waals surface area (Å²) in [4.78, 5) is 0. The van der Waals surface area contributed by atoms with Gasteiger partial charge in [-0.1, -0.05) is 48.0 Å². The number of aliphatic hydroxyl groups excluding tert-OH is 1. The third-order valence-electron chi connectivity index (χ3n) is 2.96. The fraction of sp³-hybridized carbons (Fsp3) is 0.250. The van der Waals surface area contributed by atoms with Crippen LogP contribution in [-0.2, 0) is 4.74 Å². The number of rotatable bonds is 6. The third-order valence-corrected chi connectivity index (χ3v) is 3.30. The Morgan fingerprint density at radius 1 is 1.00 bits per heavy atom. The molecule has 0 aromatic heterocycles. The van der Waals surface area contributed by atoms with Crippen molar-refractivity contribution in [2.75, 3.05) is 20.3 Å². The molecule has 4 heteroatoms. The van der Waals surface area contributed by atoms with Crippen molar-refractivity contribution in [3.63, 3.8) is 0 Å². The average Bonchev–Trinajstić information content (AvgIpc) is 2.48. The Morgan fingerprint density at radius 3 is 2.35 bits per heavy atom. The second-order valence-electron chi connectivity index (χ2n) is 4.30. The molecule has 0 aliphatic carbocycles. The summed E-state index contributed by atoms with van der Waals surface area (Å²) in [5.74, 6) is 0.636. The number of aliphatic hydroxyl groups is 1. The van der Waals surface area contributed by atoms with Crippen molar-refractivity contribution < 1.29 is 14.6 Å². The van der Waals surface area contributed by atoms with E-state index in [0.29, 0.717) is 35.1 Å². The van der Waals surface area contributed by atoms with Crippen molar-refractivity contribution in [3.05, 3.63) is 64.7 Å². The van der Waals surface area contributed by atoms with Gasteiger partial charge in [-0.2, -0.15) is 0 Å². The van der Waals surface area contributed by atoms with E-state index in [1.54, 1.807) is 19.2 Å². The molecule has 0 radical (unpaired) electrons. The Bertz CT molecular complexity index is 557. The van der Waals surface area contributed by atoms with Gasteiger partial charge in [-0.3, -0.25) is 0 Å². The molecule has 0 spiro atoms. The van der Waals surface area contributed by atoms with E-state index < -0.39 is 6.10 Å². The Morgan fingerprint density at radius 2 is 1.65 bits per heavy atom. The lowest BCUT2D eigenvalue weighted by molar-refractivity contribution is 0.142. The molecule has 0 heterocycles. The van der Waals surface area contributed by atoms with Gasteiger partial charge in [0.1, 0.15) is 18.5 Å². The van der Waals surface area contributed by atoms with Crippen LogP contribution in [0.4, 0.5) is 0 Å². The largest absolute Gasteiger partial charge is 0.491 e. The average molecular weight is 293 g/mol. The monoisotopic (exact) mass is 292 g/mol. The van der Waals surface area contributed by atoms with Gasteiger partial charge in [0.25, 0.3) is 0 Å². The number of methoxy groups -OCH3 is 1. The SMILES string of the molecule is COCCOc1ccccc1C(O)c1ccccc1Cl. The highest BCUT2D eigenvalue weighted by Crippen LogP contribution is 2.33. The van der Waals surface area contributed by atoms with Crippen LogP contribution in [-0.4, -0.2) is 25.4 Å². The molecule has 3 nitrogen and oxygen atoms in total. The van der Waals surface area contributed by atoms with Gasteiger partial charge in [0.2, 0.25) is 0 Å². The minimum absolute atomic E-state index is 0.433. The summed E-state index contributed by atoms with van der Waals surface area (Å²) < 4.78 is 10.6. The molecule has 0 aliphatic rings. The van der Waals surface area contributed by atoms with E-state index in [9.17, 15) is 5.11 Å². The van der Waals surface area contributed by atoms with E-state index in [2.05, 4.69) is 0 Å². The first kappa shape index (κ1) is 14.9. The normalized spacial score (nSPS) is 12.2. The number of ether oxygens (including phenoxy) is 2. The first-order valence-electron chi connectivity index (χ1n) is 6.37. The van der Waals surface area contributed by atoms with Crippen molar-refractivity contribution in [3.8, 4) is 5.75 Å². The molecule has 2 aromatic rings. The molecular weight excluding hydrogens is 276 g/mol. The second kappa shape index (κ2) is 7.29. The van der Waals surface area contributed by atoms with Crippen molar-refractivity contribution in [1.82, 2.24) is 0 Å². The summed E-state index contributed by atoms with van der Waals surface area (Å²) in [6.07, 6.45) is -0.817. The van der Waals surface area contributed by atoms with E-state index in [1.165, 1.54) is 0 Å². The molecular formula is C16H17ClO3. The van der Waals surface area contributed by atoms with Crippen LogP contribution in [0, 0.1) is 0 Å². The summed E-state index contributed by atoms with van der Waals surface area (Å²) >= 11 is 6.13. The van der Waals surface area contributed by atoms with Crippen LogP contribution in [0.3, 0.4) is 0 Å². The van der Waals surface area contributed by atoms with Crippen molar-refractivity contribution in [1.29, 1.82) is 0 Å². The highest BCUT2D eigenvalue weighted by Gasteiger charge is 2.17. The van der Waals surface area contributed by atoms with Gasteiger partial charge in [-0.05, 0) is 12.1 Å². The number of para-hydroxylation sites is 1. The number of halogens is 1. The van der Waals surface area contributed by atoms with Crippen LogP contribution in [0.15, 0.2) is 48.5 Å². The minimum Gasteiger partial charge on any atom is -0.491 e. The van der Waals surface area contributed by atoms with Crippen molar-refractivity contribution >= 4 is 11.6 Å². The molecule has 2 aromatic carbocycles. The zero-order chi connectivity index (χ0) is 14.4. The van der Waals surface area contributed by atoms with Crippen LogP contribution in [0.25, 0.3) is 0 Å². The van der Waals surface area contributed by atoms with E-state index in [0.717, 1.165) is 0 Å². The van der Waals surface area contributed by atoms with Crippen molar-refractivity contribution in [2.24, 2.45) is 0 Å². The zero-order valence-electron chi connectivity index (χ0n) is 11.3. The van der Waals surface area contributed by atoms with E-state index in [-0.39, 0.29) is 0 Å². The predicted octanol–water partition coefficient (Wildman–Crippen LogP) is 3.45. The Kier molecular flexibility index (Phi) is 5.41. The molecule has 1 unspecified atom stereocenters. The molecule has 0 bridgehead atoms. The van der Waals surface area contributed by atoms with Gasteiger partial charge in [0.15, 0.2) is 0 Å². The van der Waals surface area contributed by atoms with Crippen molar-refractivity contribution in [2.45, 2.75) is 6.10 Å². The second-order valence-corrected chi connectivity index (χ2v) is 4.71. The lowest BCUT2D eigenvalue weighted by atomic mass is 10.0. The molecule has 0 amide bonds. The maximum Gasteiger partial charge on any atom is 0.125 e. The smallest absolute Gasteiger partial charge is 0.125 e. The Labute approximate surface area is 123 Å². The van der Waals surface area contributed by atoms with E-state index in [1.807, 2.05) is 36.4 Å². The molecule has 0 fully saturated rings. The van der Waals surface area contributed by atoms with Crippen LogP contribution >= 0.6 is 11.6 Å². The number of hydrogen-bond acceptors (Lipinski definition) is 3. The number of hydrogen-bond donors (Lipinski definition) is 1. The molecule has 106 valence electrons. The van der Waals surface area contributed by atoms with Crippen LogP contribution in [0.2, 0.25) is 5.02 Å². The van der Waals surface area contributed by atoms with Crippen LogP contribution in [0.1, 0.15) is 17.2 Å². The lowest BCUT2D eigenvalue weighted by Crippen LogP contribution is -2.08. The number of benzene rings is 2. The van der Waals surface area contributed by atoms with Gasteiger partial charge >= 0.3 is 0 Å². The van der Waals surface area contributed by atoms with Gasteiger partial charge in [0, 0.05) is 23.3 Å². The lowest BCUT2D eigenvalue weighted by Gasteiger charge is -2.17. The molecule has 2 rings (SSSR count). The summed E-state index contributed by atoms with van der Waals surface area (Å²) in [7, 11) is 1.62. The summed E-state index contributed by atoms with van der Waals surface area (Å²) in [6.45, 7) is 0.930. The minimum atomic E-state index is -0.817. The molecule has 1 atom stereocenters. The van der Waals surface area contributed by atoms with Crippen LogP contribution in [0.5, 0.6) is 5.75 Å². The maximum absolute atomic E-state index is 10.5. The summed E-state index contributed by atoms with van der Waals surface area (Å²) in [5.41, 5.74) is 1.36. The van der Waals surface area contributed by atoms with Gasteiger partial charge < -0.3 is 14.6 Å². The van der Waals surface area contributed by atoms with Gasteiger partial charge in [0.05, 0.1) is 6.61 Å². The molecule has 20 heavy (non-hydrogen) atoms. The first-order chi connectivity index (χ1) is 9.74. The summed E-state index contributed by atoms with van der Waals surface area (Å²) in [6, 6.07) is 14.6. The first-order valence-corrected chi connectivity index (χ1v) is 6.75. The summed E-state index contributed by atoms with van der Waals surface area (Å²) in [5, 5.41) is 11.0. The molecule has 0 saturated heterocycles. The molecule has 1 N–H and O–H groups in total.